The van der Waals surface area contributed by atoms with Crippen molar-refractivity contribution in [2.24, 2.45) is 15.8 Å². The number of nitrogens with one attached hydrogen (secondary N) is 1. The number of nitrogens with zero attached hydrogens (tertiary/aromatic N) is 3. The molecule has 0 amide bonds. The Morgan fingerprint density at radius 1 is 1.04 bits per heavy atom. The van der Waals surface area contributed by atoms with E-state index in [2.05, 4.69) is 51.4 Å². The lowest BCUT2D eigenvalue weighted by atomic mass is 10.1. The summed E-state index contributed by atoms with van der Waals surface area (Å²) in [6.07, 6.45) is 0. The molecule has 0 radical (unpaired) electrons. The molecule has 1 aliphatic heterocycles. The molecule has 138 valence electrons. The summed E-state index contributed by atoms with van der Waals surface area (Å²) in [5.74, 6) is 1.02. The van der Waals surface area contributed by atoms with E-state index in [1.807, 2.05) is 12.1 Å². The zero-order valence-electron chi connectivity index (χ0n) is 14.1. The molecule has 2 heterocycles. The van der Waals surface area contributed by atoms with Gasteiger partial charge in [0.25, 0.3) is 0 Å². The van der Waals surface area contributed by atoms with Crippen LogP contribution in [0.25, 0.3) is 21.8 Å². The molecule has 8 heteroatoms. The fourth-order valence-corrected chi connectivity index (χ4v) is 3.76. The summed E-state index contributed by atoms with van der Waals surface area (Å²) in [5, 5.41) is 8.76. The van der Waals surface area contributed by atoms with Gasteiger partial charge in [-0.3, -0.25) is 10.4 Å². The maximum atomic E-state index is 5.85. The molecule has 1 aliphatic rings. The van der Waals surface area contributed by atoms with Gasteiger partial charge in [0.1, 0.15) is 5.36 Å². The van der Waals surface area contributed by atoms with Crippen molar-refractivity contribution in [1.29, 1.82) is 0 Å². The lowest BCUT2D eigenvalue weighted by molar-refractivity contribution is 0.753. The molecule has 26 heavy (non-hydrogen) atoms. The molecule has 0 saturated heterocycles. The smallest absolute Gasteiger partial charge is 0.177 e. The first-order valence-corrected chi connectivity index (χ1v) is 9.04. The van der Waals surface area contributed by atoms with Crippen LogP contribution < -0.4 is 16.5 Å². The van der Waals surface area contributed by atoms with Gasteiger partial charge in [-0.25, -0.2) is 0 Å². The number of amidine groups is 1. The van der Waals surface area contributed by atoms with Gasteiger partial charge in [0.05, 0.1) is 17.6 Å². The Bertz CT molecular complexity index is 940. The number of para-hydroxylation sites is 2. The van der Waals surface area contributed by atoms with Crippen molar-refractivity contribution in [3.63, 3.8) is 0 Å². The number of thioether (sulfide) groups is 1. The highest BCUT2D eigenvalue weighted by Crippen LogP contribution is 2.19. The number of hydrogen-bond acceptors (Lipinski definition) is 5. The third-order valence-electron chi connectivity index (χ3n) is 4.10. The molecule has 0 saturated carbocycles. The SMILES string of the molecule is Cl.Cl.NCCn1c2ccccc2c(=NNC2=NCCS2)c2ccccc21. The highest BCUT2D eigenvalue weighted by Gasteiger charge is 2.10. The summed E-state index contributed by atoms with van der Waals surface area (Å²) in [6.45, 7) is 2.23. The standard InChI is InChI=1S/C18H19N5S.2ClH/c19-9-11-23-15-7-3-1-5-13(15)17(14-6-2-4-8-16(14)23)21-22-18-20-10-12-24-18;;/h1-8H,9-12,19H2,(H,20,22);2*1H. The van der Waals surface area contributed by atoms with Crippen molar-refractivity contribution in [3.8, 4) is 0 Å². The fourth-order valence-electron chi connectivity index (χ4n) is 3.09. The number of fused-ring (bicyclic) bond motifs is 2. The predicted octanol–water partition coefficient (Wildman–Crippen LogP) is 3.10. The van der Waals surface area contributed by atoms with Crippen LogP contribution in [-0.2, 0) is 6.54 Å². The van der Waals surface area contributed by atoms with E-state index in [0.717, 1.165) is 51.2 Å². The molecule has 2 aromatic carbocycles. The third kappa shape index (κ3) is 3.83. The van der Waals surface area contributed by atoms with E-state index in [4.69, 9.17) is 10.8 Å². The quantitative estimate of drug-likeness (QED) is 0.515. The Hall–Kier alpha value is -1.73. The van der Waals surface area contributed by atoms with Gasteiger partial charge in [0.15, 0.2) is 5.17 Å². The predicted molar refractivity (Wildman–Crippen MR) is 116 cm³/mol. The number of rotatable bonds is 3. The Labute approximate surface area is 168 Å². The number of halogens is 2. The van der Waals surface area contributed by atoms with Crippen molar-refractivity contribution < 1.29 is 0 Å². The Balaban J connectivity index is 0.00000121. The van der Waals surface area contributed by atoms with Crippen LogP contribution in [0.4, 0.5) is 0 Å². The number of hydrogen-bond donors (Lipinski definition) is 2. The van der Waals surface area contributed by atoms with E-state index in [1.54, 1.807) is 11.8 Å². The molecule has 3 aromatic rings. The van der Waals surface area contributed by atoms with Gasteiger partial charge in [-0.2, -0.15) is 5.10 Å². The minimum absolute atomic E-state index is 0. The number of aliphatic imine (C=N–C) groups is 1. The largest absolute Gasteiger partial charge is 0.339 e. The zero-order valence-corrected chi connectivity index (χ0v) is 16.5. The van der Waals surface area contributed by atoms with Crippen LogP contribution in [0.15, 0.2) is 58.6 Å². The topological polar surface area (TPSA) is 67.7 Å². The van der Waals surface area contributed by atoms with E-state index >= 15 is 0 Å². The monoisotopic (exact) mass is 409 g/mol. The minimum atomic E-state index is 0. The summed E-state index contributed by atoms with van der Waals surface area (Å²) in [4.78, 5) is 4.41. The van der Waals surface area contributed by atoms with E-state index in [9.17, 15) is 0 Å². The second-order valence-corrected chi connectivity index (χ2v) is 6.67. The molecule has 5 nitrogen and oxygen atoms in total. The molecule has 4 rings (SSSR count). The van der Waals surface area contributed by atoms with Gasteiger partial charge in [-0.05, 0) is 12.1 Å². The Morgan fingerprint density at radius 2 is 1.65 bits per heavy atom. The Kier molecular flexibility index (Phi) is 7.34. The summed E-state index contributed by atoms with van der Waals surface area (Å²) in [5.41, 5.74) is 11.3. The van der Waals surface area contributed by atoms with Gasteiger partial charge >= 0.3 is 0 Å². The first-order chi connectivity index (χ1) is 11.9. The molecule has 0 bridgehead atoms. The maximum absolute atomic E-state index is 5.85. The summed E-state index contributed by atoms with van der Waals surface area (Å²) >= 11 is 1.71. The van der Waals surface area contributed by atoms with Gasteiger partial charge < -0.3 is 10.3 Å². The first kappa shape index (κ1) is 20.6. The van der Waals surface area contributed by atoms with Crippen molar-refractivity contribution >= 4 is 63.5 Å². The molecule has 0 aliphatic carbocycles. The van der Waals surface area contributed by atoms with Crippen LogP contribution in [0.2, 0.25) is 0 Å². The molecular weight excluding hydrogens is 389 g/mol. The molecule has 1 aromatic heterocycles. The zero-order chi connectivity index (χ0) is 16.4. The molecule has 3 N–H and O–H groups in total. The highest BCUT2D eigenvalue weighted by molar-refractivity contribution is 8.14. The first-order valence-electron chi connectivity index (χ1n) is 8.06. The number of pyridine rings is 1. The maximum Gasteiger partial charge on any atom is 0.177 e. The lowest BCUT2D eigenvalue weighted by Gasteiger charge is -2.15. The second kappa shape index (κ2) is 9.28. The van der Waals surface area contributed by atoms with E-state index in [0.29, 0.717) is 6.54 Å². The van der Waals surface area contributed by atoms with Crippen molar-refractivity contribution in [1.82, 2.24) is 9.99 Å². The van der Waals surface area contributed by atoms with Crippen molar-refractivity contribution in [2.75, 3.05) is 18.8 Å². The van der Waals surface area contributed by atoms with Gasteiger partial charge in [-0.1, -0.05) is 48.2 Å². The minimum Gasteiger partial charge on any atom is -0.339 e. The fraction of sp³-hybridized carbons (Fsp3) is 0.222. The van der Waals surface area contributed by atoms with Gasteiger partial charge in [0, 0.05) is 29.6 Å². The van der Waals surface area contributed by atoms with Gasteiger partial charge in [-0.15, -0.1) is 24.8 Å². The summed E-state index contributed by atoms with van der Waals surface area (Å²) < 4.78 is 2.27. The van der Waals surface area contributed by atoms with Crippen LogP contribution in [0.3, 0.4) is 0 Å². The summed E-state index contributed by atoms with van der Waals surface area (Å²) in [7, 11) is 0. The molecule has 0 atom stereocenters. The van der Waals surface area contributed by atoms with Crippen LogP contribution in [-0.4, -0.2) is 28.6 Å². The van der Waals surface area contributed by atoms with Crippen LogP contribution in [0.1, 0.15) is 0 Å². The van der Waals surface area contributed by atoms with E-state index in [1.165, 1.54) is 0 Å². The highest BCUT2D eigenvalue weighted by atomic mass is 35.5. The normalized spacial score (nSPS) is 13.0. The number of nitrogens with two attached hydrogens (primary N) is 1. The van der Waals surface area contributed by atoms with Crippen LogP contribution in [0, 0.1) is 0 Å². The van der Waals surface area contributed by atoms with Crippen LogP contribution in [0.5, 0.6) is 0 Å². The van der Waals surface area contributed by atoms with Gasteiger partial charge in [0.2, 0.25) is 0 Å². The molecule has 0 unspecified atom stereocenters. The average molecular weight is 410 g/mol. The van der Waals surface area contributed by atoms with E-state index < -0.39 is 0 Å². The lowest BCUT2D eigenvalue weighted by Crippen LogP contribution is -2.21. The number of aromatic nitrogens is 1. The van der Waals surface area contributed by atoms with Crippen molar-refractivity contribution in [3.05, 3.63) is 53.9 Å². The molecule has 0 spiro atoms. The summed E-state index contributed by atoms with van der Waals surface area (Å²) in [6, 6.07) is 16.7. The number of benzene rings is 2. The molecular formula is C18H21Cl2N5S. The Morgan fingerprint density at radius 3 is 2.19 bits per heavy atom. The van der Waals surface area contributed by atoms with E-state index in [-0.39, 0.29) is 24.8 Å². The average Bonchev–Trinajstić information content (AvgIpc) is 3.14. The van der Waals surface area contributed by atoms with Crippen molar-refractivity contribution in [2.45, 2.75) is 6.54 Å². The molecule has 0 fully saturated rings. The second-order valence-electron chi connectivity index (χ2n) is 5.58. The van der Waals surface area contributed by atoms with Crippen LogP contribution >= 0.6 is 36.6 Å². The third-order valence-corrected chi connectivity index (χ3v) is 4.98.